The quantitative estimate of drug-likeness (QED) is 0.219. The number of aliphatic hydroxyl groups is 1. The molecule has 5 atom stereocenters. The molecule has 1 amide bonds. The molecule has 1 aliphatic heterocycles. The number of amides is 1. The van der Waals surface area contributed by atoms with Crippen LogP contribution in [0.2, 0.25) is 0 Å². The van der Waals surface area contributed by atoms with Gasteiger partial charge in [0.2, 0.25) is 0 Å². The summed E-state index contributed by atoms with van der Waals surface area (Å²) in [7, 11) is 0. The molecular weight excluding hydrogens is 566 g/mol. The highest BCUT2D eigenvalue weighted by Crippen LogP contribution is 2.28. The van der Waals surface area contributed by atoms with Crippen molar-refractivity contribution in [2.24, 2.45) is 0 Å². The van der Waals surface area contributed by atoms with Gasteiger partial charge in [0.15, 0.2) is 18.5 Å². The minimum absolute atomic E-state index is 0.182. The molecule has 5 rings (SSSR count). The molecule has 1 heterocycles. The molecule has 0 saturated carbocycles. The predicted octanol–water partition coefficient (Wildman–Crippen LogP) is 3.81. The molecule has 0 spiro atoms. The lowest BCUT2D eigenvalue weighted by molar-refractivity contribution is -0.251. The summed E-state index contributed by atoms with van der Waals surface area (Å²) in [4.78, 5) is 52.5. The maximum absolute atomic E-state index is 13.3. The minimum atomic E-state index is -1.75. The van der Waals surface area contributed by atoms with E-state index < -0.39 is 61.1 Å². The van der Waals surface area contributed by atoms with Gasteiger partial charge in [-0.05, 0) is 48.5 Å². The fourth-order valence-corrected chi connectivity index (χ4v) is 4.66. The Kier molecular flexibility index (Phi) is 9.75. The largest absolute Gasteiger partial charge is 0.459 e. The van der Waals surface area contributed by atoms with Crippen LogP contribution < -0.4 is 5.32 Å². The van der Waals surface area contributed by atoms with E-state index in [2.05, 4.69) is 5.32 Å². The fraction of sp³-hybridized carbons (Fsp3) is 0.176. The van der Waals surface area contributed by atoms with Gasteiger partial charge in [0.05, 0.1) is 16.7 Å². The van der Waals surface area contributed by atoms with E-state index in [0.717, 1.165) is 0 Å². The van der Waals surface area contributed by atoms with Crippen LogP contribution in [0.5, 0.6) is 0 Å². The topological polar surface area (TPSA) is 137 Å². The van der Waals surface area contributed by atoms with Gasteiger partial charge in [0.25, 0.3) is 5.91 Å². The molecule has 1 aliphatic rings. The molecule has 4 aromatic rings. The molecular formula is C34H29NO9. The monoisotopic (exact) mass is 595 g/mol. The summed E-state index contributed by atoms with van der Waals surface area (Å²) in [6.07, 6.45) is -5.93. The number of benzene rings is 4. The smallest absolute Gasteiger partial charge is 0.338 e. The summed E-state index contributed by atoms with van der Waals surface area (Å²) in [5, 5.41) is 13.8. The lowest BCUT2D eigenvalue weighted by Gasteiger charge is -2.43. The molecule has 0 aliphatic carbocycles. The van der Waals surface area contributed by atoms with Crippen molar-refractivity contribution in [1.82, 2.24) is 5.32 Å². The van der Waals surface area contributed by atoms with Gasteiger partial charge >= 0.3 is 17.9 Å². The maximum atomic E-state index is 13.3. The van der Waals surface area contributed by atoms with Crippen LogP contribution in [0.25, 0.3) is 0 Å². The Morgan fingerprint density at radius 3 is 1.48 bits per heavy atom. The second-order valence-corrected chi connectivity index (χ2v) is 9.87. The zero-order valence-electron chi connectivity index (χ0n) is 23.4. The normalized spacial score (nSPS) is 21.0. The third kappa shape index (κ3) is 7.35. The molecule has 1 saturated heterocycles. The third-order valence-corrected chi connectivity index (χ3v) is 6.89. The first-order valence-corrected chi connectivity index (χ1v) is 13.8. The van der Waals surface area contributed by atoms with Gasteiger partial charge in [0.1, 0.15) is 18.8 Å². The molecule has 44 heavy (non-hydrogen) atoms. The van der Waals surface area contributed by atoms with Crippen LogP contribution in [0.15, 0.2) is 121 Å². The van der Waals surface area contributed by atoms with Crippen molar-refractivity contribution in [1.29, 1.82) is 0 Å². The molecule has 0 radical (unpaired) electrons. The summed E-state index contributed by atoms with van der Waals surface area (Å²) in [6.45, 7) is -0.476. The molecule has 224 valence electrons. The van der Waals surface area contributed by atoms with E-state index >= 15 is 0 Å². The Labute approximate surface area is 253 Å². The SMILES string of the molecule is O=C(NC1C(O)OC(COC(=O)c2ccccc2)C(OC(=O)c2ccccc2)C1OC(=O)c1ccccc1)c1ccccc1. The number of carbonyl (C=O) groups excluding carboxylic acids is 4. The number of nitrogens with one attached hydrogen (secondary N) is 1. The van der Waals surface area contributed by atoms with E-state index in [9.17, 15) is 24.3 Å². The number of carbonyl (C=O) groups is 4. The Balaban J connectivity index is 1.48. The summed E-state index contributed by atoms with van der Waals surface area (Å²) in [6, 6.07) is 31.1. The second-order valence-electron chi connectivity index (χ2n) is 9.87. The summed E-state index contributed by atoms with van der Waals surface area (Å²) < 4.78 is 23.0. The van der Waals surface area contributed by atoms with Crippen molar-refractivity contribution in [3.8, 4) is 0 Å². The lowest BCUT2D eigenvalue weighted by atomic mass is 9.95. The first kappa shape index (κ1) is 30.1. The number of esters is 3. The van der Waals surface area contributed by atoms with Crippen LogP contribution in [0, 0.1) is 0 Å². The molecule has 2 N–H and O–H groups in total. The number of hydrogen-bond donors (Lipinski definition) is 2. The zero-order chi connectivity index (χ0) is 30.9. The molecule has 4 aromatic carbocycles. The number of hydrogen-bond acceptors (Lipinski definition) is 9. The van der Waals surface area contributed by atoms with E-state index in [1.54, 1.807) is 97.1 Å². The lowest BCUT2D eigenvalue weighted by Crippen LogP contribution is -2.66. The highest BCUT2D eigenvalue weighted by atomic mass is 16.7. The van der Waals surface area contributed by atoms with Gasteiger partial charge in [-0.3, -0.25) is 4.79 Å². The van der Waals surface area contributed by atoms with Gasteiger partial charge in [-0.2, -0.15) is 0 Å². The average molecular weight is 596 g/mol. The van der Waals surface area contributed by atoms with Crippen LogP contribution >= 0.6 is 0 Å². The van der Waals surface area contributed by atoms with Gasteiger partial charge in [0, 0.05) is 5.56 Å². The van der Waals surface area contributed by atoms with Crippen LogP contribution in [0.4, 0.5) is 0 Å². The number of rotatable bonds is 9. The van der Waals surface area contributed by atoms with Crippen LogP contribution in [-0.4, -0.2) is 66.2 Å². The molecule has 10 nitrogen and oxygen atoms in total. The van der Waals surface area contributed by atoms with Crippen molar-refractivity contribution in [2.75, 3.05) is 6.61 Å². The molecule has 5 unspecified atom stereocenters. The highest BCUT2D eigenvalue weighted by molar-refractivity contribution is 5.94. The van der Waals surface area contributed by atoms with Gasteiger partial charge in [-0.25, -0.2) is 14.4 Å². The van der Waals surface area contributed by atoms with Crippen molar-refractivity contribution in [3.63, 3.8) is 0 Å². The average Bonchev–Trinajstić information content (AvgIpc) is 3.07. The maximum Gasteiger partial charge on any atom is 0.338 e. The van der Waals surface area contributed by atoms with E-state index in [1.165, 1.54) is 24.3 Å². The van der Waals surface area contributed by atoms with Crippen LogP contribution in [0.3, 0.4) is 0 Å². The Bertz CT molecular complexity index is 1570. The van der Waals surface area contributed by atoms with Gasteiger partial charge in [-0.1, -0.05) is 72.8 Å². The summed E-state index contributed by atoms with van der Waals surface area (Å²) >= 11 is 0. The minimum Gasteiger partial charge on any atom is -0.459 e. The highest BCUT2D eigenvalue weighted by Gasteiger charge is 2.51. The van der Waals surface area contributed by atoms with Gasteiger partial charge in [-0.15, -0.1) is 0 Å². The van der Waals surface area contributed by atoms with E-state index in [-0.39, 0.29) is 22.3 Å². The molecule has 1 fully saturated rings. The van der Waals surface area contributed by atoms with Crippen molar-refractivity contribution in [2.45, 2.75) is 30.6 Å². The Hall–Kier alpha value is -5.32. The van der Waals surface area contributed by atoms with E-state index in [1.807, 2.05) is 0 Å². The van der Waals surface area contributed by atoms with Gasteiger partial charge < -0.3 is 29.4 Å². The first-order chi connectivity index (χ1) is 21.4. The zero-order valence-corrected chi connectivity index (χ0v) is 23.4. The fourth-order valence-electron chi connectivity index (χ4n) is 4.66. The second kappa shape index (κ2) is 14.2. The standard InChI is InChI=1S/C34H29NO9/c36-30(22-13-5-1-6-14-22)35-27-29(44-33(39)25-19-11-4-12-20-25)28(43-32(38)24-17-9-3-10-18-24)26(42-34(27)40)21-41-31(37)23-15-7-2-8-16-23/h1-20,26-29,34,40H,21H2,(H,35,36). The van der Waals surface area contributed by atoms with Crippen molar-refractivity contribution in [3.05, 3.63) is 144 Å². The van der Waals surface area contributed by atoms with Crippen LogP contribution in [0.1, 0.15) is 41.4 Å². The van der Waals surface area contributed by atoms with Crippen molar-refractivity contribution < 1.29 is 43.2 Å². The van der Waals surface area contributed by atoms with Crippen LogP contribution in [-0.2, 0) is 18.9 Å². The summed E-state index contributed by atoms with van der Waals surface area (Å²) in [5.74, 6) is -2.87. The predicted molar refractivity (Wildman–Crippen MR) is 157 cm³/mol. The number of aliphatic hydroxyl groups excluding tert-OH is 1. The van der Waals surface area contributed by atoms with E-state index in [0.29, 0.717) is 0 Å². The Morgan fingerprint density at radius 2 is 1.00 bits per heavy atom. The van der Waals surface area contributed by atoms with E-state index in [4.69, 9.17) is 18.9 Å². The molecule has 10 heteroatoms. The number of ether oxygens (including phenoxy) is 4. The molecule has 0 aromatic heterocycles. The molecule has 0 bridgehead atoms. The third-order valence-electron chi connectivity index (χ3n) is 6.89. The first-order valence-electron chi connectivity index (χ1n) is 13.8. The van der Waals surface area contributed by atoms with Crippen molar-refractivity contribution >= 4 is 23.8 Å². The summed E-state index contributed by atoms with van der Waals surface area (Å²) in [5.41, 5.74) is 0.907. The Morgan fingerprint density at radius 1 is 0.591 bits per heavy atom.